The van der Waals surface area contributed by atoms with Crippen LogP contribution in [-0.4, -0.2) is 29.9 Å². The zero-order valence-electron chi connectivity index (χ0n) is 13.0. The number of hydrogen-bond acceptors (Lipinski definition) is 5. The van der Waals surface area contributed by atoms with Gasteiger partial charge in [-0.1, -0.05) is 18.2 Å². The number of esters is 1. The summed E-state index contributed by atoms with van der Waals surface area (Å²) in [4.78, 5) is 26.9. The number of thiophene rings is 1. The van der Waals surface area contributed by atoms with E-state index in [2.05, 4.69) is 6.58 Å². The van der Waals surface area contributed by atoms with Crippen LogP contribution in [0.25, 0.3) is 0 Å². The Bertz CT molecular complexity index is 763. The summed E-state index contributed by atoms with van der Waals surface area (Å²) in [6, 6.07) is 12.0. The molecular formula is C18H16N2O3S. The second-order valence-corrected chi connectivity index (χ2v) is 5.94. The Morgan fingerprint density at radius 2 is 2.17 bits per heavy atom. The SMILES string of the molecule is C=CCN(Cc1cccs1)C(=O)COC(=O)c1cccc(C#N)c1. The largest absolute Gasteiger partial charge is 0.452 e. The number of hydrogen-bond donors (Lipinski definition) is 0. The fourth-order valence-electron chi connectivity index (χ4n) is 2.02. The van der Waals surface area contributed by atoms with E-state index in [4.69, 9.17) is 10.00 Å². The second-order valence-electron chi connectivity index (χ2n) is 4.91. The fraction of sp³-hybridized carbons (Fsp3) is 0.167. The number of ether oxygens (including phenoxy) is 1. The van der Waals surface area contributed by atoms with Crippen molar-refractivity contribution in [3.05, 3.63) is 70.4 Å². The molecule has 0 saturated carbocycles. The van der Waals surface area contributed by atoms with Crippen molar-refractivity contribution in [1.29, 1.82) is 5.26 Å². The molecule has 0 radical (unpaired) electrons. The van der Waals surface area contributed by atoms with Crippen LogP contribution >= 0.6 is 11.3 Å². The number of amides is 1. The quantitative estimate of drug-likeness (QED) is 0.574. The molecule has 5 nitrogen and oxygen atoms in total. The Labute approximate surface area is 144 Å². The Morgan fingerprint density at radius 3 is 2.83 bits per heavy atom. The van der Waals surface area contributed by atoms with Crippen LogP contribution in [0.3, 0.4) is 0 Å². The van der Waals surface area contributed by atoms with Gasteiger partial charge in [0, 0.05) is 11.4 Å². The third-order valence-electron chi connectivity index (χ3n) is 3.18. The maximum Gasteiger partial charge on any atom is 0.338 e. The molecule has 1 aromatic carbocycles. The van der Waals surface area contributed by atoms with Crippen molar-refractivity contribution in [2.75, 3.05) is 13.2 Å². The molecule has 0 N–H and O–H groups in total. The Hall–Kier alpha value is -2.91. The number of benzene rings is 1. The molecule has 6 heteroatoms. The van der Waals surface area contributed by atoms with Gasteiger partial charge in [0.1, 0.15) is 0 Å². The molecule has 0 fully saturated rings. The predicted molar refractivity (Wildman–Crippen MR) is 91.4 cm³/mol. The minimum atomic E-state index is -0.630. The van der Waals surface area contributed by atoms with Crippen LogP contribution in [0.5, 0.6) is 0 Å². The zero-order valence-corrected chi connectivity index (χ0v) is 13.8. The minimum Gasteiger partial charge on any atom is -0.452 e. The number of carbonyl (C=O) groups is 2. The van der Waals surface area contributed by atoms with Crippen LogP contribution in [-0.2, 0) is 16.1 Å². The van der Waals surface area contributed by atoms with E-state index in [1.54, 1.807) is 40.5 Å². The van der Waals surface area contributed by atoms with Crippen molar-refractivity contribution < 1.29 is 14.3 Å². The van der Waals surface area contributed by atoms with Gasteiger partial charge in [-0.3, -0.25) is 4.79 Å². The van der Waals surface area contributed by atoms with Crippen molar-refractivity contribution in [1.82, 2.24) is 4.90 Å². The van der Waals surface area contributed by atoms with Crippen molar-refractivity contribution in [3.63, 3.8) is 0 Å². The highest BCUT2D eigenvalue weighted by molar-refractivity contribution is 7.09. The zero-order chi connectivity index (χ0) is 17.4. The molecule has 24 heavy (non-hydrogen) atoms. The van der Waals surface area contributed by atoms with Gasteiger partial charge in [-0.2, -0.15) is 5.26 Å². The van der Waals surface area contributed by atoms with Gasteiger partial charge < -0.3 is 9.64 Å². The number of rotatable bonds is 7. The van der Waals surface area contributed by atoms with E-state index in [-0.39, 0.29) is 18.1 Å². The lowest BCUT2D eigenvalue weighted by molar-refractivity contribution is -0.134. The summed E-state index contributed by atoms with van der Waals surface area (Å²) in [7, 11) is 0. The van der Waals surface area contributed by atoms with Gasteiger partial charge >= 0.3 is 5.97 Å². The highest BCUT2D eigenvalue weighted by Crippen LogP contribution is 2.12. The van der Waals surface area contributed by atoms with E-state index >= 15 is 0 Å². The van der Waals surface area contributed by atoms with Crippen LogP contribution in [0.4, 0.5) is 0 Å². The summed E-state index contributed by atoms with van der Waals surface area (Å²) in [6.45, 7) is 4.11. The normalized spacial score (nSPS) is 9.79. The van der Waals surface area contributed by atoms with E-state index in [9.17, 15) is 9.59 Å². The predicted octanol–water partition coefficient (Wildman–Crippen LogP) is 2.99. The molecule has 0 spiro atoms. The fourth-order valence-corrected chi connectivity index (χ4v) is 2.74. The summed E-state index contributed by atoms with van der Waals surface area (Å²) in [5.74, 6) is -0.928. The molecule has 1 amide bonds. The van der Waals surface area contributed by atoms with Gasteiger partial charge in [0.25, 0.3) is 5.91 Å². The third-order valence-corrected chi connectivity index (χ3v) is 4.04. The van der Waals surface area contributed by atoms with E-state index < -0.39 is 5.97 Å². The molecule has 1 aromatic heterocycles. The summed E-state index contributed by atoms with van der Waals surface area (Å²) in [6.07, 6.45) is 1.63. The highest BCUT2D eigenvalue weighted by atomic mass is 32.1. The van der Waals surface area contributed by atoms with Gasteiger partial charge in [0.15, 0.2) is 6.61 Å². The number of carbonyl (C=O) groups excluding carboxylic acids is 2. The Kier molecular flexibility index (Phi) is 6.29. The first-order chi connectivity index (χ1) is 11.6. The molecule has 0 aliphatic heterocycles. The average Bonchev–Trinajstić information content (AvgIpc) is 3.12. The smallest absolute Gasteiger partial charge is 0.338 e. The first-order valence-corrected chi connectivity index (χ1v) is 8.10. The minimum absolute atomic E-state index is 0.246. The lowest BCUT2D eigenvalue weighted by Gasteiger charge is -2.20. The highest BCUT2D eigenvalue weighted by Gasteiger charge is 2.16. The average molecular weight is 340 g/mol. The molecule has 2 aromatic rings. The summed E-state index contributed by atoms with van der Waals surface area (Å²) < 4.78 is 5.07. The van der Waals surface area contributed by atoms with Gasteiger partial charge in [-0.25, -0.2) is 4.79 Å². The lowest BCUT2D eigenvalue weighted by Crippen LogP contribution is -2.34. The van der Waals surface area contributed by atoms with Gasteiger partial charge in [-0.05, 0) is 29.6 Å². The van der Waals surface area contributed by atoms with Crippen molar-refractivity contribution in [3.8, 4) is 6.07 Å². The lowest BCUT2D eigenvalue weighted by atomic mass is 10.1. The van der Waals surface area contributed by atoms with Crippen LogP contribution in [0.1, 0.15) is 20.8 Å². The number of nitrogens with zero attached hydrogens (tertiary/aromatic N) is 2. The molecule has 0 saturated heterocycles. The van der Waals surface area contributed by atoms with Crippen LogP contribution in [0, 0.1) is 11.3 Å². The van der Waals surface area contributed by atoms with E-state index in [1.807, 2.05) is 23.6 Å². The van der Waals surface area contributed by atoms with E-state index in [0.29, 0.717) is 18.7 Å². The van der Waals surface area contributed by atoms with E-state index in [1.165, 1.54) is 6.07 Å². The first-order valence-electron chi connectivity index (χ1n) is 7.22. The van der Waals surface area contributed by atoms with Gasteiger partial charge in [0.2, 0.25) is 0 Å². The Balaban J connectivity index is 1.95. The summed E-state index contributed by atoms with van der Waals surface area (Å²) in [5, 5.41) is 10.8. The maximum absolute atomic E-state index is 12.3. The third kappa shape index (κ3) is 4.80. The van der Waals surface area contributed by atoms with Crippen molar-refractivity contribution in [2.24, 2.45) is 0 Å². The molecule has 2 rings (SSSR count). The molecular weight excluding hydrogens is 324 g/mol. The van der Waals surface area contributed by atoms with Crippen molar-refractivity contribution >= 4 is 23.2 Å². The molecule has 0 bridgehead atoms. The molecule has 122 valence electrons. The molecule has 0 aliphatic rings. The molecule has 0 aliphatic carbocycles. The van der Waals surface area contributed by atoms with Gasteiger partial charge in [0.05, 0.1) is 23.7 Å². The van der Waals surface area contributed by atoms with Crippen LogP contribution in [0.2, 0.25) is 0 Å². The second kappa shape index (κ2) is 8.65. The van der Waals surface area contributed by atoms with Gasteiger partial charge in [-0.15, -0.1) is 17.9 Å². The first kappa shape index (κ1) is 17.4. The molecule has 1 heterocycles. The number of nitriles is 1. The van der Waals surface area contributed by atoms with Crippen LogP contribution in [0.15, 0.2) is 54.4 Å². The Morgan fingerprint density at radius 1 is 1.33 bits per heavy atom. The van der Waals surface area contributed by atoms with Crippen molar-refractivity contribution in [2.45, 2.75) is 6.54 Å². The molecule has 0 atom stereocenters. The van der Waals surface area contributed by atoms with Crippen LogP contribution < -0.4 is 0 Å². The summed E-state index contributed by atoms with van der Waals surface area (Å²) >= 11 is 1.55. The standard InChI is InChI=1S/C18H16N2O3S/c1-2-8-20(12-16-7-4-9-24-16)17(21)13-23-18(22)15-6-3-5-14(10-15)11-19/h2-7,9-10H,1,8,12-13H2. The maximum atomic E-state index is 12.3. The monoisotopic (exact) mass is 340 g/mol. The topological polar surface area (TPSA) is 70.4 Å². The molecule has 0 unspecified atom stereocenters. The van der Waals surface area contributed by atoms with E-state index in [0.717, 1.165) is 4.88 Å². The summed E-state index contributed by atoms with van der Waals surface area (Å²) in [5.41, 5.74) is 0.608.